The fraction of sp³-hybridized carbons (Fsp3) is 0.238. The summed E-state index contributed by atoms with van der Waals surface area (Å²) in [6, 6.07) is 12.9. The van der Waals surface area contributed by atoms with E-state index in [1.165, 1.54) is 36.9 Å². The van der Waals surface area contributed by atoms with Crippen LogP contribution in [0.4, 0.5) is 30.4 Å². The quantitative estimate of drug-likeness (QED) is 0.640. The fourth-order valence-corrected chi connectivity index (χ4v) is 3.75. The summed E-state index contributed by atoms with van der Waals surface area (Å²) in [4.78, 5) is 8.41. The van der Waals surface area contributed by atoms with E-state index >= 15 is 0 Å². The predicted molar refractivity (Wildman–Crippen MR) is 102 cm³/mol. The maximum absolute atomic E-state index is 12.7. The van der Waals surface area contributed by atoms with Gasteiger partial charge in [0.05, 0.1) is 11.3 Å². The predicted octanol–water partition coefficient (Wildman–Crippen LogP) is 5.36. The Morgan fingerprint density at radius 2 is 1.75 bits per heavy atom. The molecule has 1 saturated carbocycles. The van der Waals surface area contributed by atoms with Crippen LogP contribution >= 0.6 is 0 Å². The van der Waals surface area contributed by atoms with Crippen LogP contribution in [0.3, 0.4) is 0 Å². The first-order valence-corrected chi connectivity index (χ1v) is 9.08. The molecule has 1 aliphatic carbocycles. The minimum Gasteiger partial charge on any atom is -0.384 e. The van der Waals surface area contributed by atoms with Crippen LogP contribution in [0.2, 0.25) is 0 Å². The molecule has 2 heterocycles. The number of nitrogens with one attached hydrogen (secondary N) is 2. The van der Waals surface area contributed by atoms with E-state index in [2.05, 4.69) is 32.7 Å². The zero-order chi connectivity index (χ0) is 19.4. The van der Waals surface area contributed by atoms with Crippen molar-refractivity contribution in [2.24, 2.45) is 0 Å². The number of nitrogens with zero attached hydrogens (tertiary/aromatic N) is 2. The molecule has 4 nitrogen and oxygen atoms in total. The van der Waals surface area contributed by atoms with Crippen LogP contribution < -0.4 is 10.6 Å². The van der Waals surface area contributed by atoms with Crippen molar-refractivity contribution in [1.82, 2.24) is 9.97 Å². The number of hydrogen-bond donors (Lipinski definition) is 2. The molecular weight excluding hydrogens is 365 g/mol. The largest absolute Gasteiger partial charge is 0.416 e. The van der Waals surface area contributed by atoms with Crippen LogP contribution in [0.5, 0.6) is 0 Å². The van der Waals surface area contributed by atoms with Crippen LogP contribution in [0.1, 0.15) is 24.0 Å². The van der Waals surface area contributed by atoms with Crippen molar-refractivity contribution in [2.75, 3.05) is 17.2 Å². The summed E-state index contributed by atoms with van der Waals surface area (Å²) in [6.07, 6.45) is -0.470. The van der Waals surface area contributed by atoms with Gasteiger partial charge in [-0.2, -0.15) is 13.2 Å². The molecule has 7 heteroatoms. The van der Waals surface area contributed by atoms with Crippen molar-refractivity contribution in [3.63, 3.8) is 0 Å². The summed E-state index contributed by atoms with van der Waals surface area (Å²) < 4.78 is 38.2. The molecule has 1 fully saturated rings. The van der Waals surface area contributed by atoms with Gasteiger partial charge in [-0.15, -0.1) is 0 Å². The highest BCUT2D eigenvalue weighted by atomic mass is 19.4. The second-order valence-corrected chi connectivity index (χ2v) is 7.38. The number of fused-ring (bicyclic) bond motifs is 2. The Morgan fingerprint density at radius 1 is 0.964 bits per heavy atom. The average molecular weight is 382 g/mol. The maximum Gasteiger partial charge on any atom is 0.416 e. The molecule has 142 valence electrons. The van der Waals surface area contributed by atoms with E-state index in [-0.39, 0.29) is 0 Å². The Balaban J connectivity index is 1.38. The van der Waals surface area contributed by atoms with Gasteiger partial charge in [-0.25, -0.2) is 9.97 Å². The van der Waals surface area contributed by atoms with Gasteiger partial charge in [0.2, 0.25) is 0 Å². The summed E-state index contributed by atoms with van der Waals surface area (Å²) >= 11 is 0. The van der Waals surface area contributed by atoms with Gasteiger partial charge in [-0.3, -0.25) is 0 Å². The summed E-state index contributed by atoms with van der Waals surface area (Å²) in [7, 11) is 0. The van der Waals surface area contributed by atoms with E-state index in [4.69, 9.17) is 0 Å². The van der Waals surface area contributed by atoms with Crippen molar-refractivity contribution in [1.29, 1.82) is 0 Å². The maximum atomic E-state index is 12.7. The van der Waals surface area contributed by atoms with E-state index in [9.17, 15) is 13.2 Å². The van der Waals surface area contributed by atoms with Gasteiger partial charge in [0.25, 0.3) is 0 Å². The number of aromatic nitrogens is 2. The van der Waals surface area contributed by atoms with Crippen molar-refractivity contribution in [3.05, 3.63) is 66.0 Å². The summed E-state index contributed by atoms with van der Waals surface area (Å²) in [6.45, 7) is 0.997. The summed E-state index contributed by atoms with van der Waals surface area (Å²) in [5.41, 5.74) is 4.26. The number of rotatable bonds is 3. The lowest BCUT2D eigenvalue weighted by Crippen LogP contribution is -2.07. The minimum atomic E-state index is -4.35. The van der Waals surface area contributed by atoms with Gasteiger partial charge in [0.1, 0.15) is 12.1 Å². The van der Waals surface area contributed by atoms with Crippen molar-refractivity contribution >= 4 is 17.2 Å². The van der Waals surface area contributed by atoms with Gasteiger partial charge in [0, 0.05) is 35.0 Å². The Kier molecular flexibility index (Phi) is 3.62. The van der Waals surface area contributed by atoms with E-state index in [0.717, 1.165) is 30.1 Å². The third-order valence-electron chi connectivity index (χ3n) is 5.51. The van der Waals surface area contributed by atoms with E-state index in [0.29, 0.717) is 22.5 Å². The molecular formula is C21H17F3N4. The topological polar surface area (TPSA) is 49.8 Å². The number of benzene rings is 2. The molecule has 28 heavy (non-hydrogen) atoms. The number of hydrogen-bond acceptors (Lipinski definition) is 4. The van der Waals surface area contributed by atoms with Gasteiger partial charge >= 0.3 is 6.18 Å². The lowest BCUT2D eigenvalue weighted by atomic mass is 9.98. The SMILES string of the molecule is FC(F)(F)c1ccc(-c2cc(Nc3ccc4c(c3)NCC43CC3)ncn2)cc1. The lowest BCUT2D eigenvalue weighted by Gasteiger charge is -2.11. The average Bonchev–Trinajstić information content (AvgIpc) is 3.38. The Labute approximate surface area is 159 Å². The molecule has 0 radical (unpaired) electrons. The third-order valence-corrected chi connectivity index (χ3v) is 5.51. The van der Waals surface area contributed by atoms with E-state index in [1.54, 1.807) is 6.07 Å². The second-order valence-electron chi connectivity index (χ2n) is 7.38. The second kappa shape index (κ2) is 5.95. The van der Waals surface area contributed by atoms with Gasteiger partial charge in [-0.05, 0) is 42.7 Å². The van der Waals surface area contributed by atoms with Crippen LogP contribution in [0.15, 0.2) is 54.9 Å². The van der Waals surface area contributed by atoms with Crippen LogP contribution in [0.25, 0.3) is 11.3 Å². The molecule has 0 bridgehead atoms. The van der Waals surface area contributed by atoms with Gasteiger partial charge < -0.3 is 10.6 Å². The first-order chi connectivity index (χ1) is 13.4. The first kappa shape index (κ1) is 17.0. The van der Waals surface area contributed by atoms with Crippen molar-refractivity contribution < 1.29 is 13.2 Å². The highest BCUT2D eigenvalue weighted by molar-refractivity contribution is 5.72. The normalized spacial score (nSPS) is 16.5. The lowest BCUT2D eigenvalue weighted by molar-refractivity contribution is -0.137. The molecule has 0 amide bonds. The molecule has 0 saturated heterocycles. The standard InChI is InChI=1S/C21H17F3N4/c22-21(23,24)14-3-1-13(2-4-14)17-10-19(27-12-26-17)28-15-5-6-16-18(9-15)25-11-20(16)7-8-20/h1-6,9-10,12,25H,7-8,11H2,(H,26,27,28). The molecule has 0 atom stereocenters. The molecule has 3 aromatic rings. The Hall–Kier alpha value is -3.09. The zero-order valence-corrected chi connectivity index (χ0v) is 14.8. The summed E-state index contributed by atoms with van der Waals surface area (Å²) in [5, 5.41) is 6.73. The summed E-state index contributed by atoms with van der Waals surface area (Å²) in [5.74, 6) is 0.587. The highest BCUT2D eigenvalue weighted by Crippen LogP contribution is 2.54. The zero-order valence-electron chi connectivity index (χ0n) is 14.8. The van der Waals surface area contributed by atoms with Crippen LogP contribution in [0, 0.1) is 0 Å². The van der Waals surface area contributed by atoms with Gasteiger partial charge in [-0.1, -0.05) is 18.2 Å². The van der Waals surface area contributed by atoms with E-state index in [1.807, 2.05) is 6.07 Å². The molecule has 2 aromatic carbocycles. The number of anilines is 3. The van der Waals surface area contributed by atoms with Crippen molar-refractivity contribution in [3.8, 4) is 11.3 Å². The monoisotopic (exact) mass is 382 g/mol. The Bertz CT molecular complexity index is 1040. The van der Waals surface area contributed by atoms with Gasteiger partial charge in [0.15, 0.2) is 0 Å². The molecule has 0 unspecified atom stereocenters. The highest BCUT2D eigenvalue weighted by Gasteiger charge is 2.48. The molecule has 1 spiro atoms. The first-order valence-electron chi connectivity index (χ1n) is 9.08. The molecule has 1 aromatic heterocycles. The minimum absolute atomic E-state index is 0.346. The fourth-order valence-electron chi connectivity index (χ4n) is 3.75. The van der Waals surface area contributed by atoms with E-state index < -0.39 is 11.7 Å². The number of halogens is 3. The number of alkyl halides is 3. The molecule has 2 N–H and O–H groups in total. The smallest absolute Gasteiger partial charge is 0.384 e. The molecule has 2 aliphatic rings. The van der Waals surface area contributed by atoms with Crippen LogP contribution in [-0.2, 0) is 11.6 Å². The molecule has 1 aliphatic heterocycles. The third kappa shape index (κ3) is 2.96. The van der Waals surface area contributed by atoms with Crippen molar-refractivity contribution in [2.45, 2.75) is 24.4 Å². The molecule has 5 rings (SSSR count). The Morgan fingerprint density at radius 3 is 2.46 bits per heavy atom. The van der Waals surface area contributed by atoms with Crippen LogP contribution in [-0.4, -0.2) is 16.5 Å².